The highest BCUT2D eigenvalue weighted by molar-refractivity contribution is 6.30. The fourth-order valence-corrected chi connectivity index (χ4v) is 4.28. The van der Waals surface area contributed by atoms with Crippen molar-refractivity contribution in [1.29, 1.82) is 5.26 Å². The first-order chi connectivity index (χ1) is 14.8. The van der Waals surface area contributed by atoms with Gasteiger partial charge >= 0.3 is 0 Å². The Hall–Kier alpha value is -3.43. The van der Waals surface area contributed by atoms with Gasteiger partial charge in [-0.1, -0.05) is 29.3 Å². The first-order valence-corrected chi connectivity index (χ1v) is 10.3. The third kappa shape index (κ3) is 3.73. The third-order valence-corrected chi connectivity index (χ3v) is 5.90. The number of nitrogens with zero attached hydrogens (tertiary/aromatic N) is 2. The molecule has 0 aliphatic carbocycles. The SMILES string of the molecule is Cc1cc(COc2ccc(Cl)cc2C)c(C)c(C2C(C#N)=C(N)Oc3n[nH]c(C)c32)c1. The number of benzene rings is 2. The maximum atomic E-state index is 9.85. The Morgan fingerprint density at radius 2 is 2.00 bits per heavy atom. The second kappa shape index (κ2) is 8.01. The number of aromatic amines is 1. The van der Waals surface area contributed by atoms with Crippen LogP contribution < -0.4 is 15.2 Å². The summed E-state index contributed by atoms with van der Waals surface area (Å²) >= 11 is 6.06. The highest BCUT2D eigenvalue weighted by Gasteiger charge is 2.35. The van der Waals surface area contributed by atoms with E-state index in [1.54, 1.807) is 0 Å². The van der Waals surface area contributed by atoms with Gasteiger partial charge in [0.25, 0.3) is 0 Å². The van der Waals surface area contributed by atoms with Crippen LogP contribution >= 0.6 is 11.6 Å². The van der Waals surface area contributed by atoms with Crippen LogP contribution in [0.25, 0.3) is 0 Å². The molecule has 1 atom stereocenters. The van der Waals surface area contributed by atoms with Gasteiger partial charge in [0.05, 0.1) is 5.92 Å². The van der Waals surface area contributed by atoms with Crippen LogP contribution in [0, 0.1) is 39.0 Å². The Labute approximate surface area is 186 Å². The number of hydrogen-bond acceptors (Lipinski definition) is 5. The van der Waals surface area contributed by atoms with E-state index in [1.165, 1.54) is 0 Å². The van der Waals surface area contributed by atoms with E-state index in [0.29, 0.717) is 23.1 Å². The lowest BCUT2D eigenvalue weighted by molar-refractivity contribution is 0.303. The Balaban J connectivity index is 1.77. The van der Waals surface area contributed by atoms with Gasteiger partial charge in [-0.2, -0.15) is 5.26 Å². The molecular weight excluding hydrogens is 412 g/mol. The third-order valence-electron chi connectivity index (χ3n) is 5.66. The van der Waals surface area contributed by atoms with Gasteiger partial charge in [0.1, 0.15) is 24.0 Å². The minimum absolute atomic E-state index is 0.0852. The normalized spacial score (nSPS) is 15.3. The van der Waals surface area contributed by atoms with Crippen LogP contribution in [0.5, 0.6) is 11.6 Å². The minimum atomic E-state index is -0.358. The Morgan fingerprint density at radius 3 is 2.71 bits per heavy atom. The zero-order chi connectivity index (χ0) is 22.3. The number of nitrogens with two attached hydrogens (primary N) is 1. The van der Waals surface area contributed by atoms with Gasteiger partial charge in [-0.15, -0.1) is 5.10 Å². The van der Waals surface area contributed by atoms with E-state index in [4.69, 9.17) is 26.8 Å². The standard InChI is InChI=1S/C24H23ClN4O2/c1-12-7-16(11-30-20-6-5-17(25)9-13(20)2)14(3)18(8-12)22-19(10-26)23(27)31-24-21(22)15(4)28-29-24/h5-9,22H,11,27H2,1-4H3,(H,28,29). The van der Waals surface area contributed by atoms with Crippen molar-refractivity contribution in [2.45, 2.75) is 40.2 Å². The number of rotatable bonds is 4. The largest absolute Gasteiger partial charge is 0.489 e. The lowest BCUT2D eigenvalue weighted by Gasteiger charge is -2.26. The quantitative estimate of drug-likeness (QED) is 0.595. The van der Waals surface area contributed by atoms with Crippen LogP contribution in [-0.2, 0) is 6.61 Å². The van der Waals surface area contributed by atoms with Crippen molar-refractivity contribution >= 4 is 11.6 Å². The van der Waals surface area contributed by atoms with Crippen LogP contribution in [0.4, 0.5) is 0 Å². The number of aromatic nitrogens is 2. The average Bonchev–Trinajstić information content (AvgIpc) is 3.08. The van der Waals surface area contributed by atoms with Crippen molar-refractivity contribution in [2.75, 3.05) is 0 Å². The van der Waals surface area contributed by atoms with Crippen molar-refractivity contribution < 1.29 is 9.47 Å². The van der Waals surface area contributed by atoms with E-state index >= 15 is 0 Å². The second-order valence-electron chi connectivity index (χ2n) is 7.83. The highest BCUT2D eigenvalue weighted by atomic mass is 35.5. The van der Waals surface area contributed by atoms with Gasteiger partial charge in [-0.05, 0) is 68.1 Å². The molecule has 0 amide bonds. The van der Waals surface area contributed by atoms with E-state index in [9.17, 15) is 5.26 Å². The summed E-state index contributed by atoms with van der Waals surface area (Å²) in [4.78, 5) is 0. The number of halogens is 1. The van der Waals surface area contributed by atoms with Crippen molar-refractivity contribution in [3.8, 4) is 17.7 Å². The molecule has 1 aliphatic heterocycles. The molecule has 3 aromatic rings. The fourth-order valence-electron chi connectivity index (χ4n) is 4.05. The van der Waals surface area contributed by atoms with Gasteiger partial charge in [-0.3, -0.25) is 5.10 Å². The Kier molecular flexibility index (Phi) is 5.38. The summed E-state index contributed by atoms with van der Waals surface area (Å²) in [6.45, 7) is 8.34. The van der Waals surface area contributed by atoms with E-state index < -0.39 is 0 Å². The summed E-state index contributed by atoms with van der Waals surface area (Å²) in [6.07, 6.45) is 0. The number of aryl methyl sites for hydroxylation is 3. The minimum Gasteiger partial charge on any atom is -0.489 e. The number of nitriles is 1. The number of nitrogens with one attached hydrogen (secondary N) is 1. The molecule has 6 nitrogen and oxygen atoms in total. The fraction of sp³-hybridized carbons (Fsp3) is 0.250. The molecule has 158 valence electrons. The molecule has 0 saturated heterocycles. The maximum absolute atomic E-state index is 9.85. The van der Waals surface area contributed by atoms with Crippen LogP contribution in [-0.4, -0.2) is 10.2 Å². The van der Waals surface area contributed by atoms with Crippen molar-refractivity contribution in [2.24, 2.45) is 5.73 Å². The average molecular weight is 435 g/mol. The molecule has 0 bridgehead atoms. The monoisotopic (exact) mass is 434 g/mol. The van der Waals surface area contributed by atoms with Gasteiger partial charge < -0.3 is 15.2 Å². The molecule has 1 aromatic heterocycles. The number of fused-ring (bicyclic) bond motifs is 1. The van der Waals surface area contributed by atoms with Gasteiger partial charge in [0.15, 0.2) is 0 Å². The van der Waals surface area contributed by atoms with Crippen molar-refractivity contribution in [1.82, 2.24) is 10.2 Å². The summed E-state index contributed by atoms with van der Waals surface area (Å²) in [7, 11) is 0. The van der Waals surface area contributed by atoms with E-state index in [-0.39, 0.29) is 11.8 Å². The predicted molar refractivity (Wildman–Crippen MR) is 119 cm³/mol. The van der Waals surface area contributed by atoms with E-state index in [2.05, 4.69) is 28.4 Å². The Morgan fingerprint density at radius 1 is 1.23 bits per heavy atom. The molecule has 1 aliphatic rings. The molecule has 2 aromatic carbocycles. The maximum Gasteiger partial charge on any atom is 0.244 e. The molecular formula is C24H23ClN4O2. The lowest BCUT2D eigenvalue weighted by Crippen LogP contribution is -2.22. The van der Waals surface area contributed by atoms with Crippen LogP contribution in [0.2, 0.25) is 5.02 Å². The molecule has 31 heavy (non-hydrogen) atoms. The number of hydrogen-bond donors (Lipinski definition) is 2. The predicted octanol–water partition coefficient (Wildman–Crippen LogP) is 5.09. The van der Waals surface area contributed by atoms with E-state index in [0.717, 1.165) is 44.8 Å². The molecule has 0 saturated carbocycles. The highest BCUT2D eigenvalue weighted by Crippen LogP contribution is 2.44. The van der Waals surface area contributed by atoms with Crippen LogP contribution in [0.3, 0.4) is 0 Å². The summed E-state index contributed by atoms with van der Waals surface area (Å²) in [5.74, 6) is 0.924. The summed E-state index contributed by atoms with van der Waals surface area (Å²) in [5.41, 5.74) is 13.2. The first kappa shape index (κ1) is 20.8. The van der Waals surface area contributed by atoms with Crippen molar-refractivity contribution in [3.05, 3.63) is 85.9 Å². The van der Waals surface area contributed by atoms with Crippen LogP contribution in [0.1, 0.15) is 45.0 Å². The summed E-state index contributed by atoms with van der Waals surface area (Å²) in [6, 6.07) is 12.0. The van der Waals surface area contributed by atoms with Crippen molar-refractivity contribution in [3.63, 3.8) is 0 Å². The summed E-state index contributed by atoms with van der Waals surface area (Å²) < 4.78 is 11.7. The van der Waals surface area contributed by atoms with Gasteiger partial charge in [-0.25, -0.2) is 0 Å². The number of allylic oxidation sites excluding steroid dienone is 1. The number of ether oxygens (including phenoxy) is 2. The second-order valence-corrected chi connectivity index (χ2v) is 8.27. The van der Waals surface area contributed by atoms with Crippen LogP contribution in [0.15, 0.2) is 41.8 Å². The smallest absolute Gasteiger partial charge is 0.244 e. The topological polar surface area (TPSA) is 96.9 Å². The van der Waals surface area contributed by atoms with E-state index in [1.807, 2.05) is 45.9 Å². The Bertz CT molecular complexity index is 1250. The molecule has 0 radical (unpaired) electrons. The number of H-pyrrole nitrogens is 1. The van der Waals surface area contributed by atoms with Gasteiger partial charge in [0.2, 0.25) is 11.8 Å². The molecule has 2 heterocycles. The molecule has 0 spiro atoms. The summed E-state index contributed by atoms with van der Waals surface area (Å²) in [5, 5.41) is 17.7. The molecule has 7 heteroatoms. The molecule has 3 N–H and O–H groups in total. The van der Waals surface area contributed by atoms with Gasteiger partial charge in [0, 0.05) is 16.3 Å². The zero-order valence-corrected chi connectivity index (χ0v) is 18.6. The molecule has 0 fully saturated rings. The lowest BCUT2D eigenvalue weighted by atomic mass is 9.80. The molecule has 1 unspecified atom stereocenters. The molecule has 4 rings (SSSR count). The zero-order valence-electron chi connectivity index (χ0n) is 17.8. The first-order valence-electron chi connectivity index (χ1n) is 9.91.